The van der Waals surface area contributed by atoms with Gasteiger partial charge in [-0.15, -0.1) is 0 Å². The topological polar surface area (TPSA) is 49.0 Å². The minimum atomic E-state index is 0.108. The van der Waals surface area contributed by atoms with Crippen LogP contribution in [0.4, 0.5) is 0 Å². The van der Waals surface area contributed by atoms with Crippen molar-refractivity contribution in [2.45, 2.75) is 26.8 Å². The van der Waals surface area contributed by atoms with Crippen LogP contribution in [-0.2, 0) is 17.8 Å². The van der Waals surface area contributed by atoms with Gasteiger partial charge in [-0.3, -0.25) is 9.89 Å². The summed E-state index contributed by atoms with van der Waals surface area (Å²) in [4.78, 5) is 14.0. The fourth-order valence-electron chi connectivity index (χ4n) is 2.07. The van der Waals surface area contributed by atoms with Crippen molar-refractivity contribution in [2.24, 2.45) is 0 Å². The molecular formula is C15H19N3O. The fourth-order valence-corrected chi connectivity index (χ4v) is 2.07. The van der Waals surface area contributed by atoms with Gasteiger partial charge in [-0.05, 0) is 19.4 Å². The van der Waals surface area contributed by atoms with E-state index in [0.717, 1.165) is 22.5 Å². The van der Waals surface area contributed by atoms with E-state index in [1.807, 2.05) is 51.2 Å². The summed E-state index contributed by atoms with van der Waals surface area (Å²) in [6.45, 7) is 4.50. The Bertz CT molecular complexity index is 541. The first-order valence-electron chi connectivity index (χ1n) is 6.36. The SMILES string of the molecule is Cc1n[nH]c(C)c1CC(=O)N(C)Cc1ccccc1. The van der Waals surface area contributed by atoms with E-state index in [1.54, 1.807) is 4.90 Å². The molecule has 0 aliphatic heterocycles. The smallest absolute Gasteiger partial charge is 0.227 e. The van der Waals surface area contributed by atoms with Crippen molar-refractivity contribution in [3.63, 3.8) is 0 Å². The lowest BCUT2D eigenvalue weighted by Gasteiger charge is -2.17. The molecule has 0 fully saturated rings. The van der Waals surface area contributed by atoms with Crippen LogP contribution < -0.4 is 0 Å². The second kappa shape index (κ2) is 5.69. The third-order valence-corrected chi connectivity index (χ3v) is 3.30. The number of benzene rings is 1. The van der Waals surface area contributed by atoms with Gasteiger partial charge < -0.3 is 4.90 Å². The molecule has 0 spiro atoms. The molecule has 0 atom stereocenters. The summed E-state index contributed by atoms with van der Waals surface area (Å²) in [5.74, 6) is 0.108. The second-order valence-electron chi connectivity index (χ2n) is 4.82. The van der Waals surface area contributed by atoms with Crippen LogP contribution >= 0.6 is 0 Å². The molecule has 1 amide bonds. The van der Waals surface area contributed by atoms with Crippen molar-refractivity contribution in [1.29, 1.82) is 0 Å². The molecule has 0 saturated carbocycles. The first-order chi connectivity index (χ1) is 9.08. The van der Waals surface area contributed by atoms with Crippen molar-refractivity contribution in [1.82, 2.24) is 15.1 Å². The van der Waals surface area contributed by atoms with Gasteiger partial charge >= 0.3 is 0 Å². The Morgan fingerprint density at radius 3 is 2.53 bits per heavy atom. The molecule has 4 heteroatoms. The second-order valence-corrected chi connectivity index (χ2v) is 4.82. The van der Waals surface area contributed by atoms with Crippen molar-refractivity contribution in [2.75, 3.05) is 7.05 Å². The normalized spacial score (nSPS) is 10.5. The molecule has 1 aromatic carbocycles. The van der Waals surface area contributed by atoms with Crippen LogP contribution in [0.3, 0.4) is 0 Å². The summed E-state index contributed by atoms with van der Waals surface area (Å²) < 4.78 is 0. The van der Waals surface area contributed by atoms with Crippen molar-refractivity contribution >= 4 is 5.91 Å². The number of aryl methyl sites for hydroxylation is 2. The third-order valence-electron chi connectivity index (χ3n) is 3.30. The number of amides is 1. The standard InChI is InChI=1S/C15H19N3O/c1-11-14(12(2)17-16-11)9-15(19)18(3)10-13-7-5-4-6-8-13/h4-8H,9-10H2,1-3H3,(H,16,17). The molecule has 1 heterocycles. The zero-order valence-corrected chi connectivity index (χ0v) is 11.6. The third kappa shape index (κ3) is 3.22. The Kier molecular flexibility index (Phi) is 4.00. The van der Waals surface area contributed by atoms with E-state index in [1.165, 1.54) is 0 Å². The fraction of sp³-hybridized carbons (Fsp3) is 0.333. The quantitative estimate of drug-likeness (QED) is 0.913. The molecule has 2 rings (SSSR count). The molecule has 0 saturated heterocycles. The molecule has 1 N–H and O–H groups in total. The molecule has 19 heavy (non-hydrogen) atoms. The van der Waals surface area contributed by atoms with Gasteiger partial charge in [-0.2, -0.15) is 5.10 Å². The highest BCUT2D eigenvalue weighted by atomic mass is 16.2. The average Bonchev–Trinajstić information content (AvgIpc) is 2.71. The van der Waals surface area contributed by atoms with Gasteiger partial charge in [-0.1, -0.05) is 30.3 Å². The predicted molar refractivity (Wildman–Crippen MR) is 74.7 cm³/mol. The van der Waals surface area contributed by atoms with Gasteiger partial charge in [0, 0.05) is 24.8 Å². The highest BCUT2D eigenvalue weighted by Crippen LogP contribution is 2.12. The lowest BCUT2D eigenvalue weighted by atomic mass is 10.1. The summed E-state index contributed by atoms with van der Waals surface area (Å²) in [7, 11) is 1.83. The molecule has 4 nitrogen and oxygen atoms in total. The first kappa shape index (κ1) is 13.3. The van der Waals surface area contributed by atoms with E-state index in [9.17, 15) is 4.79 Å². The zero-order chi connectivity index (χ0) is 13.8. The minimum absolute atomic E-state index is 0.108. The Morgan fingerprint density at radius 2 is 1.95 bits per heavy atom. The molecule has 0 bridgehead atoms. The lowest BCUT2D eigenvalue weighted by molar-refractivity contribution is -0.129. The first-order valence-corrected chi connectivity index (χ1v) is 6.36. The van der Waals surface area contributed by atoms with Gasteiger partial charge in [0.25, 0.3) is 0 Å². The largest absolute Gasteiger partial charge is 0.341 e. The van der Waals surface area contributed by atoms with Gasteiger partial charge in [0.1, 0.15) is 0 Å². The number of nitrogens with one attached hydrogen (secondary N) is 1. The van der Waals surface area contributed by atoms with Crippen LogP contribution in [-0.4, -0.2) is 28.1 Å². The number of carbonyl (C=O) groups excluding carboxylic acids is 1. The Hall–Kier alpha value is -2.10. The van der Waals surface area contributed by atoms with Crippen LogP contribution in [0.5, 0.6) is 0 Å². The van der Waals surface area contributed by atoms with Crippen LogP contribution in [0, 0.1) is 13.8 Å². The number of H-pyrrole nitrogens is 1. The van der Waals surface area contributed by atoms with E-state index in [2.05, 4.69) is 10.2 Å². The van der Waals surface area contributed by atoms with Crippen LogP contribution in [0.1, 0.15) is 22.5 Å². The van der Waals surface area contributed by atoms with Crippen molar-refractivity contribution in [3.05, 3.63) is 52.8 Å². The van der Waals surface area contributed by atoms with Gasteiger partial charge in [-0.25, -0.2) is 0 Å². The predicted octanol–water partition coefficient (Wildman–Crippen LogP) is 2.23. The summed E-state index contributed by atoms with van der Waals surface area (Å²) in [5, 5.41) is 7.03. The number of hydrogen-bond donors (Lipinski definition) is 1. The van der Waals surface area contributed by atoms with Crippen LogP contribution in [0.15, 0.2) is 30.3 Å². The van der Waals surface area contributed by atoms with Crippen LogP contribution in [0.2, 0.25) is 0 Å². The van der Waals surface area contributed by atoms with Gasteiger partial charge in [0.2, 0.25) is 5.91 Å². The monoisotopic (exact) mass is 257 g/mol. The Morgan fingerprint density at radius 1 is 1.26 bits per heavy atom. The molecule has 0 aliphatic rings. The number of rotatable bonds is 4. The minimum Gasteiger partial charge on any atom is -0.341 e. The molecule has 0 aliphatic carbocycles. The van der Waals surface area contributed by atoms with Crippen molar-refractivity contribution in [3.8, 4) is 0 Å². The van der Waals surface area contributed by atoms with Gasteiger partial charge in [0.15, 0.2) is 0 Å². The summed E-state index contributed by atoms with van der Waals surface area (Å²) in [6, 6.07) is 10.00. The Labute approximate surface area is 113 Å². The molecule has 0 unspecified atom stereocenters. The van der Waals surface area contributed by atoms with Crippen molar-refractivity contribution < 1.29 is 4.79 Å². The molecule has 100 valence electrons. The van der Waals surface area contributed by atoms with E-state index < -0.39 is 0 Å². The number of likely N-dealkylation sites (N-methyl/N-ethyl adjacent to an activating group) is 1. The molecule has 2 aromatic rings. The number of nitrogens with zero attached hydrogens (tertiary/aromatic N) is 2. The number of carbonyl (C=O) groups is 1. The highest BCUT2D eigenvalue weighted by Gasteiger charge is 2.14. The number of hydrogen-bond acceptors (Lipinski definition) is 2. The highest BCUT2D eigenvalue weighted by molar-refractivity contribution is 5.79. The molecule has 0 radical (unpaired) electrons. The average molecular weight is 257 g/mol. The maximum atomic E-state index is 12.2. The van der Waals surface area contributed by atoms with Crippen LogP contribution in [0.25, 0.3) is 0 Å². The van der Waals surface area contributed by atoms with E-state index in [4.69, 9.17) is 0 Å². The summed E-state index contributed by atoms with van der Waals surface area (Å²) in [5.41, 5.74) is 4.02. The van der Waals surface area contributed by atoms with E-state index in [-0.39, 0.29) is 5.91 Å². The summed E-state index contributed by atoms with van der Waals surface area (Å²) >= 11 is 0. The lowest BCUT2D eigenvalue weighted by Crippen LogP contribution is -2.28. The zero-order valence-electron chi connectivity index (χ0n) is 11.6. The summed E-state index contributed by atoms with van der Waals surface area (Å²) in [6.07, 6.45) is 0.400. The molecule has 1 aromatic heterocycles. The maximum absolute atomic E-state index is 12.2. The number of aromatic amines is 1. The number of aromatic nitrogens is 2. The van der Waals surface area contributed by atoms with Gasteiger partial charge in [0.05, 0.1) is 12.1 Å². The molecular weight excluding hydrogens is 238 g/mol. The maximum Gasteiger partial charge on any atom is 0.227 e. The van der Waals surface area contributed by atoms with E-state index in [0.29, 0.717) is 13.0 Å². The Balaban J connectivity index is 2.00. The van der Waals surface area contributed by atoms with E-state index >= 15 is 0 Å².